The van der Waals surface area contributed by atoms with Gasteiger partial charge in [-0.15, -0.1) is 0 Å². The molecule has 1 rings (SSSR count). The summed E-state index contributed by atoms with van der Waals surface area (Å²) in [6.07, 6.45) is 14.8. The van der Waals surface area contributed by atoms with Gasteiger partial charge in [0.2, 0.25) is 0 Å². The van der Waals surface area contributed by atoms with E-state index in [1.54, 1.807) is 0 Å². The molecule has 2 nitrogen and oxygen atoms in total. The van der Waals surface area contributed by atoms with E-state index < -0.39 is 0 Å². The average molecular weight is 349 g/mol. The highest BCUT2D eigenvalue weighted by molar-refractivity contribution is 7.80. The van der Waals surface area contributed by atoms with Crippen LogP contribution in [0.4, 0.5) is 0 Å². The largest absolute Gasteiger partial charge is 0.363 e. The van der Waals surface area contributed by atoms with Gasteiger partial charge >= 0.3 is 0 Å². The third kappa shape index (κ3) is 12.3. The number of unbranched alkanes of at least 4 members (excludes halogenated alkanes) is 9. The Bertz CT molecular complexity index is 406. The molecule has 0 fully saturated rings. The molecule has 0 aromatic heterocycles. The Morgan fingerprint density at radius 2 is 1.29 bits per heavy atom. The second-order valence-corrected chi connectivity index (χ2v) is 7.01. The molecule has 0 spiro atoms. The maximum Gasteiger partial charge on any atom is 0.166 e. The SMILES string of the molecule is CCCCCCCCCCCCNC(=S)NCCc1ccccc1. The molecule has 0 saturated heterocycles. The summed E-state index contributed by atoms with van der Waals surface area (Å²) in [5, 5.41) is 7.39. The fourth-order valence-corrected chi connectivity index (χ4v) is 3.05. The van der Waals surface area contributed by atoms with Crippen LogP contribution in [-0.2, 0) is 6.42 Å². The zero-order valence-electron chi connectivity index (χ0n) is 15.5. The summed E-state index contributed by atoms with van der Waals surface area (Å²) in [5.41, 5.74) is 1.35. The van der Waals surface area contributed by atoms with Gasteiger partial charge in [0.25, 0.3) is 0 Å². The average Bonchev–Trinajstić information content (AvgIpc) is 2.60. The number of nitrogens with one attached hydrogen (secondary N) is 2. The Morgan fingerprint density at radius 3 is 1.92 bits per heavy atom. The predicted molar refractivity (Wildman–Crippen MR) is 111 cm³/mol. The van der Waals surface area contributed by atoms with Crippen LogP contribution < -0.4 is 10.6 Å². The first-order valence-electron chi connectivity index (χ1n) is 9.88. The lowest BCUT2D eigenvalue weighted by atomic mass is 10.1. The van der Waals surface area contributed by atoms with E-state index in [4.69, 9.17) is 12.2 Å². The molecule has 1 aromatic carbocycles. The van der Waals surface area contributed by atoms with Crippen LogP contribution >= 0.6 is 12.2 Å². The van der Waals surface area contributed by atoms with Gasteiger partial charge in [0.05, 0.1) is 0 Å². The zero-order valence-corrected chi connectivity index (χ0v) is 16.3. The third-order valence-corrected chi connectivity index (χ3v) is 4.65. The zero-order chi connectivity index (χ0) is 17.3. The van der Waals surface area contributed by atoms with Crippen molar-refractivity contribution >= 4 is 17.3 Å². The second-order valence-electron chi connectivity index (χ2n) is 6.60. The Labute approximate surface area is 154 Å². The fourth-order valence-electron chi connectivity index (χ4n) is 2.84. The molecule has 0 radical (unpaired) electrons. The van der Waals surface area contributed by atoms with E-state index in [0.29, 0.717) is 0 Å². The first-order valence-corrected chi connectivity index (χ1v) is 10.3. The highest BCUT2D eigenvalue weighted by atomic mass is 32.1. The van der Waals surface area contributed by atoms with Gasteiger partial charge in [0, 0.05) is 13.1 Å². The predicted octanol–water partition coefficient (Wildman–Crippen LogP) is 5.61. The smallest absolute Gasteiger partial charge is 0.166 e. The van der Waals surface area contributed by atoms with Crippen LogP contribution in [0.2, 0.25) is 0 Å². The number of rotatable bonds is 14. The van der Waals surface area contributed by atoms with Crippen LogP contribution in [0.5, 0.6) is 0 Å². The molecule has 2 N–H and O–H groups in total. The summed E-state index contributed by atoms with van der Waals surface area (Å²) in [5.74, 6) is 0. The first-order chi connectivity index (χ1) is 11.8. The minimum absolute atomic E-state index is 0.793. The summed E-state index contributed by atoms with van der Waals surface area (Å²) in [6, 6.07) is 10.5. The Morgan fingerprint density at radius 1 is 0.750 bits per heavy atom. The highest BCUT2D eigenvalue weighted by Gasteiger charge is 1.96. The van der Waals surface area contributed by atoms with Gasteiger partial charge in [-0.3, -0.25) is 0 Å². The van der Waals surface area contributed by atoms with Crippen molar-refractivity contribution in [3.63, 3.8) is 0 Å². The molecule has 0 aliphatic rings. The van der Waals surface area contributed by atoms with E-state index in [1.165, 1.54) is 69.8 Å². The Balaban J connectivity index is 1.82. The molecule has 0 amide bonds. The molecule has 136 valence electrons. The lowest BCUT2D eigenvalue weighted by Crippen LogP contribution is -2.36. The summed E-state index contributed by atoms with van der Waals surface area (Å²) < 4.78 is 0. The fraction of sp³-hybridized carbons (Fsp3) is 0.667. The lowest BCUT2D eigenvalue weighted by molar-refractivity contribution is 0.554. The van der Waals surface area contributed by atoms with Gasteiger partial charge in [0.15, 0.2) is 5.11 Å². The van der Waals surface area contributed by atoms with Crippen LogP contribution in [-0.4, -0.2) is 18.2 Å². The molecule has 0 unspecified atom stereocenters. The molecule has 0 aliphatic carbocycles. The van der Waals surface area contributed by atoms with Gasteiger partial charge < -0.3 is 10.6 Å². The van der Waals surface area contributed by atoms with E-state index >= 15 is 0 Å². The number of thiocarbonyl (C=S) groups is 1. The molecular formula is C21H36N2S. The Hall–Kier alpha value is -1.09. The maximum atomic E-state index is 5.32. The van der Waals surface area contributed by atoms with Crippen molar-refractivity contribution in [1.82, 2.24) is 10.6 Å². The molecular weight excluding hydrogens is 312 g/mol. The van der Waals surface area contributed by atoms with Gasteiger partial charge in [0.1, 0.15) is 0 Å². The molecule has 0 heterocycles. The monoisotopic (exact) mass is 348 g/mol. The van der Waals surface area contributed by atoms with E-state index in [0.717, 1.165) is 24.6 Å². The number of benzene rings is 1. The van der Waals surface area contributed by atoms with E-state index in [-0.39, 0.29) is 0 Å². The number of hydrogen-bond acceptors (Lipinski definition) is 1. The second kappa shape index (κ2) is 15.4. The van der Waals surface area contributed by atoms with Crippen LogP contribution in [0.3, 0.4) is 0 Å². The van der Waals surface area contributed by atoms with Crippen molar-refractivity contribution < 1.29 is 0 Å². The van der Waals surface area contributed by atoms with Crippen molar-refractivity contribution in [3.05, 3.63) is 35.9 Å². The molecule has 1 aromatic rings. The van der Waals surface area contributed by atoms with Crippen LogP contribution in [0.1, 0.15) is 76.7 Å². The summed E-state index contributed by atoms with van der Waals surface area (Å²) in [4.78, 5) is 0. The normalized spacial score (nSPS) is 10.5. The first kappa shape index (κ1) is 21.0. The molecule has 24 heavy (non-hydrogen) atoms. The van der Waals surface area contributed by atoms with Crippen molar-refractivity contribution in [2.24, 2.45) is 0 Å². The van der Waals surface area contributed by atoms with Crippen molar-refractivity contribution in [2.45, 2.75) is 77.6 Å². The number of hydrogen-bond donors (Lipinski definition) is 2. The molecule has 0 saturated carbocycles. The summed E-state index contributed by atoms with van der Waals surface area (Å²) >= 11 is 5.32. The highest BCUT2D eigenvalue weighted by Crippen LogP contribution is 2.10. The summed E-state index contributed by atoms with van der Waals surface area (Å²) in [6.45, 7) is 4.17. The van der Waals surface area contributed by atoms with Gasteiger partial charge in [-0.2, -0.15) is 0 Å². The third-order valence-electron chi connectivity index (χ3n) is 4.36. The van der Waals surface area contributed by atoms with Crippen molar-refractivity contribution in [1.29, 1.82) is 0 Å². The van der Waals surface area contributed by atoms with Crippen LogP contribution in [0.15, 0.2) is 30.3 Å². The topological polar surface area (TPSA) is 24.1 Å². The molecule has 3 heteroatoms. The van der Waals surface area contributed by atoms with Gasteiger partial charge in [-0.05, 0) is 30.6 Å². The van der Waals surface area contributed by atoms with Crippen LogP contribution in [0.25, 0.3) is 0 Å². The van der Waals surface area contributed by atoms with Crippen molar-refractivity contribution in [2.75, 3.05) is 13.1 Å². The van der Waals surface area contributed by atoms with E-state index in [2.05, 4.69) is 47.9 Å². The minimum atomic E-state index is 0.793. The molecule has 0 aliphatic heterocycles. The summed E-state index contributed by atoms with van der Waals surface area (Å²) in [7, 11) is 0. The quantitative estimate of drug-likeness (QED) is 0.337. The lowest BCUT2D eigenvalue weighted by Gasteiger charge is -2.10. The standard InChI is InChI=1S/C21H36N2S/c1-2-3-4-5-6-7-8-9-10-14-18-22-21(24)23-19-17-20-15-12-11-13-16-20/h11-13,15-16H,2-10,14,17-19H2,1H3,(H2,22,23,24). The Kier molecular flexibility index (Phi) is 13.5. The van der Waals surface area contributed by atoms with Gasteiger partial charge in [-0.1, -0.05) is 95.0 Å². The molecule has 0 atom stereocenters. The van der Waals surface area contributed by atoms with Gasteiger partial charge in [-0.25, -0.2) is 0 Å². The van der Waals surface area contributed by atoms with Crippen LogP contribution in [0, 0.1) is 0 Å². The van der Waals surface area contributed by atoms with E-state index in [9.17, 15) is 0 Å². The van der Waals surface area contributed by atoms with E-state index in [1.807, 2.05) is 0 Å². The maximum absolute atomic E-state index is 5.32. The van der Waals surface area contributed by atoms with Crippen molar-refractivity contribution in [3.8, 4) is 0 Å². The minimum Gasteiger partial charge on any atom is -0.363 e. The molecule has 0 bridgehead atoms.